The van der Waals surface area contributed by atoms with Crippen LogP contribution in [0.2, 0.25) is 0 Å². The monoisotopic (exact) mass is 418 g/mol. The highest BCUT2D eigenvalue weighted by atomic mass is 32.1. The van der Waals surface area contributed by atoms with Crippen molar-refractivity contribution in [2.24, 2.45) is 0 Å². The van der Waals surface area contributed by atoms with Crippen molar-refractivity contribution in [3.8, 4) is 5.75 Å². The van der Waals surface area contributed by atoms with Crippen LogP contribution in [0.15, 0.2) is 35.7 Å². The fourth-order valence-corrected chi connectivity index (χ4v) is 4.51. The van der Waals surface area contributed by atoms with Crippen molar-refractivity contribution in [2.45, 2.75) is 45.7 Å². The average Bonchev–Trinajstić information content (AvgIpc) is 3.19. The third kappa shape index (κ3) is 4.96. The highest BCUT2D eigenvalue weighted by Crippen LogP contribution is 2.34. The van der Waals surface area contributed by atoms with Crippen LogP contribution >= 0.6 is 11.3 Å². The van der Waals surface area contributed by atoms with E-state index in [-0.39, 0.29) is 42.9 Å². The van der Waals surface area contributed by atoms with Crippen LogP contribution in [0.25, 0.3) is 0 Å². The Morgan fingerprint density at radius 2 is 2.00 bits per heavy atom. The maximum Gasteiger partial charge on any atom is 0.242 e. The van der Waals surface area contributed by atoms with Crippen LogP contribution in [-0.2, 0) is 16.0 Å². The summed E-state index contributed by atoms with van der Waals surface area (Å²) in [6.45, 7) is 6.59. The molecular weight excluding hydrogens is 391 g/mol. The zero-order valence-electron chi connectivity index (χ0n) is 17.1. The Morgan fingerprint density at radius 3 is 2.66 bits per heavy atom. The van der Waals surface area contributed by atoms with Crippen LogP contribution in [-0.4, -0.2) is 47.4 Å². The van der Waals surface area contributed by atoms with E-state index in [1.165, 1.54) is 17.0 Å². The maximum absolute atomic E-state index is 13.2. The molecule has 0 N–H and O–H groups in total. The lowest BCUT2D eigenvalue weighted by atomic mass is 10.00. The second-order valence-electron chi connectivity index (χ2n) is 7.39. The maximum atomic E-state index is 13.2. The third-order valence-electron chi connectivity index (χ3n) is 5.19. The number of hydrogen-bond acceptors (Lipinski definition) is 4. The summed E-state index contributed by atoms with van der Waals surface area (Å²) in [5, 5.41) is 2.03. The SMILES string of the molecule is CCC(=O)N(CC(=O)N1CCc2sccc2C1COc1ccc(F)cc1)C(C)C. The number of carbonyl (C=O) groups excluding carboxylic acids is 2. The minimum atomic E-state index is -0.318. The smallest absolute Gasteiger partial charge is 0.242 e. The van der Waals surface area contributed by atoms with Crippen molar-refractivity contribution in [3.05, 3.63) is 52.0 Å². The van der Waals surface area contributed by atoms with Crippen molar-refractivity contribution in [3.63, 3.8) is 0 Å². The van der Waals surface area contributed by atoms with E-state index >= 15 is 0 Å². The molecule has 5 nitrogen and oxygen atoms in total. The Balaban J connectivity index is 1.77. The molecule has 0 radical (unpaired) electrons. The normalized spacial score (nSPS) is 15.9. The molecule has 1 aliphatic rings. The lowest BCUT2D eigenvalue weighted by Gasteiger charge is -2.37. The Morgan fingerprint density at radius 1 is 1.28 bits per heavy atom. The summed E-state index contributed by atoms with van der Waals surface area (Å²) in [5.41, 5.74) is 1.09. The van der Waals surface area contributed by atoms with Gasteiger partial charge in [-0.05, 0) is 61.5 Å². The number of halogens is 1. The quantitative estimate of drug-likeness (QED) is 0.682. The summed E-state index contributed by atoms with van der Waals surface area (Å²) in [4.78, 5) is 30.1. The first kappa shape index (κ1) is 21.3. The molecule has 2 amide bonds. The Kier molecular flexibility index (Phi) is 6.90. The van der Waals surface area contributed by atoms with E-state index in [4.69, 9.17) is 4.74 Å². The molecule has 7 heteroatoms. The van der Waals surface area contributed by atoms with E-state index in [1.54, 1.807) is 35.3 Å². The van der Waals surface area contributed by atoms with Crippen molar-refractivity contribution < 1.29 is 18.7 Å². The molecule has 2 heterocycles. The van der Waals surface area contributed by atoms with Gasteiger partial charge in [0.2, 0.25) is 11.8 Å². The van der Waals surface area contributed by atoms with Gasteiger partial charge in [0.05, 0.1) is 12.6 Å². The molecular formula is C22H27FN2O3S. The summed E-state index contributed by atoms with van der Waals surface area (Å²) in [6.07, 6.45) is 1.17. The Labute approximate surface area is 175 Å². The van der Waals surface area contributed by atoms with Gasteiger partial charge in [-0.15, -0.1) is 11.3 Å². The van der Waals surface area contributed by atoms with Gasteiger partial charge in [-0.1, -0.05) is 6.92 Å². The Bertz CT molecular complexity index is 850. The van der Waals surface area contributed by atoms with Crippen LogP contribution in [0.5, 0.6) is 5.75 Å². The average molecular weight is 419 g/mol. The first-order chi connectivity index (χ1) is 13.9. The fourth-order valence-electron chi connectivity index (χ4n) is 3.58. The highest BCUT2D eigenvalue weighted by Gasteiger charge is 2.33. The number of rotatable bonds is 7. The molecule has 0 fully saturated rings. The van der Waals surface area contributed by atoms with Gasteiger partial charge < -0.3 is 14.5 Å². The lowest BCUT2D eigenvalue weighted by molar-refractivity contribution is -0.144. The predicted octanol–water partition coefficient (Wildman–Crippen LogP) is 4.04. The number of hydrogen-bond donors (Lipinski definition) is 0. The fraction of sp³-hybridized carbons (Fsp3) is 0.455. The zero-order chi connectivity index (χ0) is 21.0. The number of nitrogens with zero attached hydrogens (tertiary/aromatic N) is 2. The molecule has 1 aliphatic heterocycles. The van der Waals surface area contributed by atoms with Gasteiger partial charge in [-0.2, -0.15) is 0 Å². The van der Waals surface area contributed by atoms with E-state index in [1.807, 2.05) is 30.2 Å². The van der Waals surface area contributed by atoms with Gasteiger partial charge in [-0.3, -0.25) is 9.59 Å². The van der Waals surface area contributed by atoms with Gasteiger partial charge in [0.25, 0.3) is 0 Å². The molecule has 0 saturated carbocycles. The summed E-state index contributed by atoms with van der Waals surface area (Å²) >= 11 is 1.69. The molecule has 29 heavy (non-hydrogen) atoms. The number of fused-ring (bicyclic) bond motifs is 1. The van der Waals surface area contributed by atoms with Gasteiger partial charge in [0.1, 0.15) is 18.2 Å². The lowest BCUT2D eigenvalue weighted by Crippen LogP contribution is -2.49. The van der Waals surface area contributed by atoms with Gasteiger partial charge in [0, 0.05) is 23.9 Å². The molecule has 0 aliphatic carbocycles. The van der Waals surface area contributed by atoms with Crippen molar-refractivity contribution in [2.75, 3.05) is 19.7 Å². The van der Waals surface area contributed by atoms with Gasteiger partial charge >= 0.3 is 0 Å². The molecule has 1 unspecified atom stereocenters. The first-order valence-corrected chi connectivity index (χ1v) is 10.8. The second kappa shape index (κ2) is 9.39. The molecule has 156 valence electrons. The summed E-state index contributed by atoms with van der Waals surface area (Å²) in [6, 6.07) is 7.64. The highest BCUT2D eigenvalue weighted by molar-refractivity contribution is 7.10. The van der Waals surface area contributed by atoms with Crippen molar-refractivity contribution >= 4 is 23.2 Å². The minimum Gasteiger partial charge on any atom is -0.491 e. The van der Waals surface area contributed by atoms with E-state index in [2.05, 4.69) is 0 Å². The van der Waals surface area contributed by atoms with Crippen molar-refractivity contribution in [1.82, 2.24) is 9.80 Å². The van der Waals surface area contributed by atoms with Gasteiger partial charge in [0.15, 0.2) is 0 Å². The molecule has 0 spiro atoms. The number of benzene rings is 1. The van der Waals surface area contributed by atoms with E-state index in [0.29, 0.717) is 18.7 Å². The van der Waals surface area contributed by atoms with Crippen LogP contribution in [0.1, 0.15) is 43.7 Å². The summed E-state index contributed by atoms with van der Waals surface area (Å²) in [7, 11) is 0. The molecule has 1 atom stereocenters. The van der Waals surface area contributed by atoms with Crippen LogP contribution in [0.3, 0.4) is 0 Å². The third-order valence-corrected chi connectivity index (χ3v) is 6.18. The standard InChI is InChI=1S/C22H27FN2O3S/c1-4-21(26)25(15(2)3)13-22(27)24-11-9-20-18(10-12-29-20)19(24)14-28-17-7-5-16(23)6-8-17/h5-8,10,12,15,19H,4,9,11,13-14H2,1-3H3. The minimum absolute atomic E-state index is 0.0271. The van der Waals surface area contributed by atoms with Crippen molar-refractivity contribution in [1.29, 1.82) is 0 Å². The topological polar surface area (TPSA) is 49.9 Å². The predicted molar refractivity (Wildman–Crippen MR) is 112 cm³/mol. The molecule has 2 aromatic rings. The molecule has 1 aromatic heterocycles. The van der Waals surface area contributed by atoms with Crippen LogP contribution in [0, 0.1) is 5.82 Å². The summed E-state index contributed by atoms with van der Waals surface area (Å²) in [5.74, 6) is 0.137. The number of carbonyl (C=O) groups is 2. The van der Waals surface area contributed by atoms with E-state index in [9.17, 15) is 14.0 Å². The Hall–Kier alpha value is -2.41. The molecule has 3 rings (SSSR count). The van der Waals surface area contributed by atoms with E-state index < -0.39 is 0 Å². The largest absolute Gasteiger partial charge is 0.491 e. The number of thiophene rings is 1. The second-order valence-corrected chi connectivity index (χ2v) is 8.39. The zero-order valence-corrected chi connectivity index (χ0v) is 17.9. The molecule has 0 bridgehead atoms. The van der Waals surface area contributed by atoms with Crippen LogP contribution in [0.4, 0.5) is 4.39 Å². The molecule has 0 saturated heterocycles. The summed E-state index contributed by atoms with van der Waals surface area (Å²) < 4.78 is 19.0. The number of ether oxygens (including phenoxy) is 1. The van der Waals surface area contributed by atoms with Gasteiger partial charge in [-0.25, -0.2) is 4.39 Å². The number of amides is 2. The van der Waals surface area contributed by atoms with Crippen LogP contribution < -0.4 is 4.74 Å². The van der Waals surface area contributed by atoms with E-state index in [0.717, 1.165) is 12.0 Å². The first-order valence-electron chi connectivity index (χ1n) is 9.94. The molecule has 1 aromatic carbocycles.